The number of urea groups is 1. The van der Waals surface area contributed by atoms with Gasteiger partial charge in [0.25, 0.3) is 0 Å². The first-order valence-electron chi connectivity index (χ1n) is 7.67. The van der Waals surface area contributed by atoms with E-state index in [1.807, 2.05) is 4.90 Å². The zero-order valence-electron chi connectivity index (χ0n) is 12.1. The molecule has 3 heteroatoms. The van der Waals surface area contributed by atoms with Crippen molar-refractivity contribution in [2.45, 2.75) is 58.9 Å². The molecule has 2 amide bonds. The van der Waals surface area contributed by atoms with Crippen molar-refractivity contribution < 1.29 is 4.79 Å². The lowest BCUT2D eigenvalue weighted by Gasteiger charge is -2.32. The van der Waals surface area contributed by atoms with Crippen LogP contribution in [-0.2, 0) is 0 Å². The number of amides is 2. The summed E-state index contributed by atoms with van der Waals surface area (Å²) in [6.07, 6.45) is 6.00. The molecule has 3 unspecified atom stereocenters. The Hall–Kier alpha value is -0.730. The predicted molar refractivity (Wildman–Crippen MR) is 74.5 cm³/mol. The molecular formula is C15H28N2O. The second-order valence-corrected chi connectivity index (χ2v) is 6.33. The topological polar surface area (TPSA) is 32.3 Å². The van der Waals surface area contributed by atoms with Gasteiger partial charge in [-0.05, 0) is 43.4 Å². The van der Waals surface area contributed by atoms with E-state index in [-0.39, 0.29) is 6.03 Å². The molecule has 1 N–H and O–H groups in total. The second kappa shape index (κ2) is 5.94. The van der Waals surface area contributed by atoms with Crippen LogP contribution in [0, 0.1) is 17.8 Å². The fourth-order valence-corrected chi connectivity index (χ4v) is 3.49. The number of likely N-dealkylation sites (tertiary alicyclic amines) is 1. The van der Waals surface area contributed by atoms with Gasteiger partial charge in [-0.2, -0.15) is 0 Å². The van der Waals surface area contributed by atoms with E-state index < -0.39 is 0 Å². The Balaban J connectivity index is 1.81. The number of piperidine rings is 1. The summed E-state index contributed by atoms with van der Waals surface area (Å²) in [7, 11) is 0. The molecule has 0 aromatic heterocycles. The Morgan fingerprint density at radius 1 is 1.17 bits per heavy atom. The van der Waals surface area contributed by atoms with Gasteiger partial charge in [-0.1, -0.05) is 27.2 Å². The molecule has 18 heavy (non-hydrogen) atoms. The molecule has 0 radical (unpaired) electrons. The average molecular weight is 252 g/mol. The zero-order chi connectivity index (χ0) is 13.1. The Labute approximate surface area is 111 Å². The molecule has 0 aromatic carbocycles. The number of carbonyl (C=O) groups excluding carboxylic acids is 1. The maximum atomic E-state index is 12.2. The highest BCUT2D eigenvalue weighted by Crippen LogP contribution is 2.34. The van der Waals surface area contributed by atoms with Crippen LogP contribution in [0.5, 0.6) is 0 Å². The van der Waals surface area contributed by atoms with Crippen LogP contribution in [0.2, 0.25) is 0 Å². The lowest BCUT2D eigenvalue weighted by molar-refractivity contribution is 0.167. The molecule has 0 spiro atoms. The molecule has 1 heterocycles. The van der Waals surface area contributed by atoms with Crippen LogP contribution in [0.15, 0.2) is 0 Å². The quantitative estimate of drug-likeness (QED) is 0.804. The molecule has 2 rings (SSSR count). The second-order valence-electron chi connectivity index (χ2n) is 6.33. The van der Waals surface area contributed by atoms with E-state index in [4.69, 9.17) is 0 Å². The van der Waals surface area contributed by atoms with Crippen molar-refractivity contribution in [2.75, 3.05) is 13.1 Å². The maximum Gasteiger partial charge on any atom is 0.317 e. The Bertz CT molecular complexity index is 284. The zero-order valence-corrected chi connectivity index (χ0v) is 12.1. The standard InChI is InChI=1S/C15H28N2O/c1-4-13-5-6-14(12(13)3)16-15(18)17-9-7-11(2)8-10-17/h11-14H,4-10H2,1-3H3,(H,16,18). The summed E-state index contributed by atoms with van der Waals surface area (Å²) >= 11 is 0. The molecule has 2 aliphatic rings. The number of nitrogens with one attached hydrogen (secondary N) is 1. The van der Waals surface area contributed by atoms with Gasteiger partial charge in [0.1, 0.15) is 0 Å². The van der Waals surface area contributed by atoms with Gasteiger partial charge in [0.2, 0.25) is 0 Å². The summed E-state index contributed by atoms with van der Waals surface area (Å²) < 4.78 is 0. The van der Waals surface area contributed by atoms with Crippen LogP contribution >= 0.6 is 0 Å². The molecule has 2 fully saturated rings. The normalized spacial score (nSPS) is 33.7. The van der Waals surface area contributed by atoms with Gasteiger partial charge in [-0.3, -0.25) is 0 Å². The minimum Gasteiger partial charge on any atom is -0.335 e. The summed E-state index contributed by atoms with van der Waals surface area (Å²) in [6.45, 7) is 8.71. The third-order valence-electron chi connectivity index (χ3n) is 5.13. The molecular weight excluding hydrogens is 224 g/mol. The van der Waals surface area contributed by atoms with Gasteiger partial charge in [0.05, 0.1) is 0 Å². The van der Waals surface area contributed by atoms with Crippen molar-refractivity contribution in [1.29, 1.82) is 0 Å². The first-order chi connectivity index (χ1) is 8.61. The third kappa shape index (κ3) is 2.99. The van der Waals surface area contributed by atoms with Crippen LogP contribution in [0.4, 0.5) is 4.79 Å². The summed E-state index contributed by atoms with van der Waals surface area (Å²) in [4.78, 5) is 14.2. The van der Waals surface area contributed by atoms with Crippen molar-refractivity contribution in [1.82, 2.24) is 10.2 Å². The fraction of sp³-hybridized carbons (Fsp3) is 0.933. The minimum absolute atomic E-state index is 0.176. The molecule has 1 saturated heterocycles. The molecule has 1 aliphatic carbocycles. The highest BCUT2D eigenvalue weighted by atomic mass is 16.2. The first-order valence-corrected chi connectivity index (χ1v) is 7.67. The monoisotopic (exact) mass is 252 g/mol. The number of carbonyl (C=O) groups is 1. The number of hydrogen-bond acceptors (Lipinski definition) is 1. The number of rotatable bonds is 2. The van der Waals surface area contributed by atoms with Gasteiger partial charge < -0.3 is 10.2 Å². The highest BCUT2D eigenvalue weighted by Gasteiger charge is 2.33. The van der Waals surface area contributed by atoms with Gasteiger partial charge in [-0.25, -0.2) is 4.79 Å². The van der Waals surface area contributed by atoms with Crippen molar-refractivity contribution in [3.05, 3.63) is 0 Å². The van der Waals surface area contributed by atoms with Crippen LogP contribution in [0.25, 0.3) is 0 Å². The summed E-state index contributed by atoms with van der Waals surface area (Å²) in [5.41, 5.74) is 0. The van der Waals surface area contributed by atoms with Crippen LogP contribution in [0.3, 0.4) is 0 Å². The van der Waals surface area contributed by atoms with E-state index in [1.54, 1.807) is 0 Å². The molecule has 0 bridgehead atoms. The van der Waals surface area contributed by atoms with E-state index in [0.717, 1.165) is 44.2 Å². The number of nitrogens with zero attached hydrogens (tertiary/aromatic N) is 1. The van der Waals surface area contributed by atoms with Crippen LogP contribution in [0.1, 0.15) is 52.9 Å². The average Bonchev–Trinajstić information content (AvgIpc) is 2.71. The van der Waals surface area contributed by atoms with Crippen LogP contribution < -0.4 is 5.32 Å². The Kier molecular flexibility index (Phi) is 4.52. The summed E-state index contributed by atoms with van der Waals surface area (Å²) in [6, 6.07) is 0.581. The first kappa shape index (κ1) is 13.7. The molecule has 1 aliphatic heterocycles. The molecule has 1 saturated carbocycles. The summed E-state index contributed by atoms with van der Waals surface area (Å²) in [5.74, 6) is 2.23. The molecule has 104 valence electrons. The number of hydrogen-bond donors (Lipinski definition) is 1. The van der Waals surface area contributed by atoms with E-state index in [1.165, 1.54) is 12.8 Å². The van der Waals surface area contributed by atoms with Crippen molar-refractivity contribution in [3.63, 3.8) is 0 Å². The lowest BCUT2D eigenvalue weighted by Crippen LogP contribution is -2.48. The summed E-state index contributed by atoms with van der Waals surface area (Å²) in [5, 5.41) is 3.26. The predicted octanol–water partition coefficient (Wildman–Crippen LogP) is 3.25. The van der Waals surface area contributed by atoms with Gasteiger partial charge >= 0.3 is 6.03 Å². The van der Waals surface area contributed by atoms with E-state index in [0.29, 0.717) is 12.0 Å². The largest absolute Gasteiger partial charge is 0.335 e. The highest BCUT2D eigenvalue weighted by molar-refractivity contribution is 5.74. The van der Waals surface area contributed by atoms with Gasteiger partial charge in [0, 0.05) is 19.1 Å². The lowest BCUT2D eigenvalue weighted by atomic mass is 9.93. The maximum absolute atomic E-state index is 12.2. The molecule has 3 nitrogen and oxygen atoms in total. The van der Waals surface area contributed by atoms with Crippen molar-refractivity contribution >= 4 is 6.03 Å². The molecule has 0 aromatic rings. The van der Waals surface area contributed by atoms with Crippen molar-refractivity contribution in [3.8, 4) is 0 Å². The minimum atomic E-state index is 0.176. The van der Waals surface area contributed by atoms with Gasteiger partial charge in [-0.15, -0.1) is 0 Å². The van der Waals surface area contributed by atoms with Gasteiger partial charge in [0.15, 0.2) is 0 Å². The third-order valence-corrected chi connectivity index (χ3v) is 5.13. The van der Waals surface area contributed by atoms with E-state index >= 15 is 0 Å². The Morgan fingerprint density at radius 3 is 2.39 bits per heavy atom. The fourth-order valence-electron chi connectivity index (χ4n) is 3.49. The smallest absolute Gasteiger partial charge is 0.317 e. The SMILES string of the molecule is CCC1CCC(NC(=O)N2CCC(C)CC2)C1C. The Morgan fingerprint density at radius 2 is 1.83 bits per heavy atom. The molecule has 3 atom stereocenters. The van der Waals surface area contributed by atoms with E-state index in [2.05, 4.69) is 26.1 Å². The van der Waals surface area contributed by atoms with Crippen LogP contribution in [-0.4, -0.2) is 30.1 Å². The van der Waals surface area contributed by atoms with Crippen molar-refractivity contribution in [2.24, 2.45) is 17.8 Å². The van der Waals surface area contributed by atoms with E-state index in [9.17, 15) is 4.79 Å².